The van der Waals surface area contributed by atoms with Crippen LogP contribution in [0.3, 0.4) is 0 Å². The van der Waals surface area contributed by atoms with Crippen LogP contribution in [0.2, 0.25) is 0 Å². The Morgan fingerprint density at radius 3 is 2.35 bits per heavy atom. The van der Waals surface area contributed by atoms with Gasteiger partial charge >= 0.3 is 0 Å². The SMILES string of the molecule is CC(CNC(=O)CCc1ccc(C(C)(C)C)cc1)N1CCCC1. The Kier molecular flexibility index (Phi) is 6.23. The molecule has 0 bridgehead atoms. The second-order valence-electron chi connectivity index (χ2n) is 7.84. The van der Waals surface area contributed by atoms with Crippen LogP contribution in [0.5, 0.6) is 0 Å². The molecular formula is C20H32N2O. The second kappa shape index (κ2) is 7.96. The predicted molar refractivity (Wildman–Crippen MR) is 96.7 cm³/mol. The largest absolute Gasteiger partial charge is 0.355 e. The van der Waals surface area contributed by atoms with Crippen LogP contribution in [-0.2, 0) is 16.6 Å². The summed E-state index contributed by atoms with van der Waals surface area (Å²) in [5, 5.41) is 3.08. The molecule has 1 heterocycles. The van der Waals surface area contributed by atoms with Crippen molar-refractivity contribution in [3.63, 3.8) is 0 Å². The summed E-state index contributed by atoms with van der Waals surface area (Å²) in [6.07, 6.45) is 3.97. The first kappa shape index (κ1) is 18.0. The molecule has 1 aromatic carbocycles. The summed E-state index contributed by atoms with van der Waals surface area (Å²) in [4.78, 5) is 14.5. The van der Waals surface area contributed by atoms with Crippen molar-refractivity contribution in [1.82, 2.24) is 10.2 Å². The lowest BCUT2D eigenvalue weighted by molar-refractivity contribution is -0.121. The highest BCUT2D eigenvalue weighted by atomic mass is 16.1. The average molecular weight is 316 g/mol. The van der Waals surface area contributed by atoms with Crippen molar-refractivity contribution < 1.29 is 4.79 Å². The van der Waals surface area contributed by atoms with Gasteiger partial charge in [0.1, 0.15) is 0 Å². The number of rotatable bonds is 6. The molecule has 3 nitrogen and oxygen atoms in total. The third kappa shape index (κ3) is 5.65. The maximum absolute atomic E-state index is 12.0. The quantitative estimate of drug-likeness (QED) is 0.871. The van der Waals surface area contributed by atoms with Crippen molar-refractivity contribution in [2.24, 2.45) is 0 Å². The van der Waals surface area contributed by atoms with Crippen molar-refractivity contribution in [3.8, 4) is 0 Å². The third-order valence-corrected chi connectivity index (χ3v) is 4.82. The van der Waals surface area contributed by atoms with Gasteiger partial charge in [0, 0.05) is 19.0 Å². The molecule has 0 saturated carbocycles. The van der Waals surface area contributed by atoms with Crippen molar-refractivity contribution >= 4 is 5.91 Å². The second-order valence-corrected chi connectivity index (χ2v) is 7.84. The molecule has 0 radical (unpaired) electrons. The summed E-state index contributed by atoms with van der Waals surface area (Å²) in [6, 6.07) is 9.12. The zero-order valence-electron chi connectivity index (χ0n) is 15.2. The summed E-state index contributed by atoms with van der Waals surface area (Å²) in [5.74, 6) is 0.163. The number of carbonyl (C=O) groups excluding carboxylic acids is 1. The maximum Gasteiger partial charge on any atom is 0.220 e. The van der Waals surface area contributed by atoms with Gasteiger partial charge < -0.3 is 5.32 Å². The Balaban J connectivity index is 1.71. The molecule has 128 valence electrons. The van der Waals surface area contributed by atoms with E-state index < -0.39 is 0 Å². The van der Waals surface area contributed by atoms with E-state index in [-0.39, 0.29) is 11.3 Å². The lowest BCUT2D eigenvalue weighted by Crippen LogP contribution is -2.40. The van der Waals surface area contributed by atoms with Gasteiger partial charge in [0.05, 0.1) is 0 Å². The monoisotopic (exact) mass is 316 g/mol. The normalized spacial score (nSPS) is 17.2. The molecule has 1 aliphatic heterocycles. The maximum atomic E-state index is 12.0. The van der Waals surface area contributed by atoms with E-state index in [1.807, 2.05) is 0 Å². The predicted octanol–water partition coefficient (Wildman–Crippen LogP) is 3.52. The Hall–Kier alpha value is -1.35. The zero-order valence-corrected chi connectivity index (χ0v) is 15.2. The van der Waals surface area contributed by atoms with Crippen LogP contribution in [0, 0.1) is 0 Å². The number of benzene rings is 1. The molecule has 0 spiro atoms. The van der Waals surface area contributed by atoms with E-state index in [2.05, 4.69) is 62.2 Å². The van der Waals surface area contributed by atoms with Gasteiger partial charge in [0.2, 0.25) is 5.91 Å². The molecule has 1 fully saturated rings. The van der Waals surface area contributed by atoms with Crippen LogP contribution in [0.25, 0.3) is 0 Å². The molecule has 1 unspecified atom stereocenters. The minimum absolute atomic E-state index is 0.163. The van der Waals surface area contributed by atoms with Crippen molar-refractivity contribution in [3.05, 3.63) is 35.4 Å². The molecule has 1 aliphatic rings. The Morgan fingerprint density at radius 1 is 1.17 bits per heavy atom. The van der Waals surface area contributed by atoms with E-state index in [4.69, 9.17) is 0 Å². The average Bonchev–Trinajstić information content (AvgIpc) is 3.04. The van der Waals surface area contributed by atoms with Gasteiger partial charge in [-0.1, -0.05) is 45.0 Å². The standard InChI is InChI=1S/C20H32N2O/c1-16(22-13-5-6-14-22)15-21-19(23)12-9-17-7-10-18(11-8-17)20(2,3)4/h7-8,10-11,16H,5-6,9,12-15H2,1-4H3,(H,21,23). The van der Waals surface area contributed by atoms with Crippen LogP contribution in [0.4, 0.5) is 0 Å². The molecule has 0 aliphatic carbocycles. The van der Waals surface area contributed by atoms with Gasteiger partial charge in [-0.25, -0.2) is 0 Å². The lowest BCUT2D eigenvalue weighted by Gasteiger charge is -2.23. The third-order valence-electron chi connectivity index (χ3n) is 4.82. The topological polar surface area (TPSA) is 32.3 Å². The van der Waals surface area contributed by atoms with Gasteiger partial charge in [-0.3, -0.25) is 9.69 Å². The summed E-state index contributed by atoms with van der Waals surface area (Å²) >= 11 is 0. The molecule has 23 heavy (non-hydrogen) atoms. The highest BCUT2D eigenvalue weighted by molar-refractivity contribution is 5.76. The number of hydrogen-bond donors (Lipinski definition) is 1. The van der Waals surface area contributed by atoms with Crippen molar-refractivity contribution in [1.29, 1.82) is 0 Å². The fourth-order valence-electron chi connectivity index (χ4n) is 3.09. The van der Waals surface area contributed by atoms with E-state index in [9.17, 15) is 4.79 Å². The van der Waals surface area contributed by atoms with Gasteiger partial charge in [0.15, 0.2) is 0 Å². The van der Waals surface area contributed by atoms with E-state index in [1.165, 1.54) is 37.1 Å². The number of hydrogen-bond acceptors (Lipinski definition) is 2. The van der Waals surface area contributed by atoms with Crippen LogP contribution in [-0.4, -0.2) is 36.5 Å². The number of aryl methyl sites for hydroxylation is 1. The molecule has 3 heteroatoms. The summed E-state index contributed by atoms with van der Waals surface area (Å²) in [7, 11) is 0. The highest BCUT2D eigenvalue weighted by Crippen LogP contribution is 2.22. The highest BCUT2D eigenvalue weighted by Gasteiger charge is 2.18. The van der Waals surface area contributed by atoms with E-state index >= 15 is 0 Å². The van der Waals surface area contributed by atoms with Crippen molar-refractivity contribution in [2.75, 3.05) is 19.6 Å². The van der Waals surface area contributed by atoms with E-state index in [0.29, 0.717) is 12.5 Å². The molecule has 1 saturated heterocycles. The molecule has 1 amide bonds. The minimum atomic E-state index is 0.163. The molecule has 1 aromatic rings. The van der Waals surface area contributed by atoms with Crippen molar-refractivity contribution in [2.45, 2.75) is 64.8 Å². The van der Waals surface area contributed by atoms with Crippen LogP contribution < -0.4 is 5.32 Å². The Labute approximate surface area is 141 Å². The van der Waals surface area contributed by atoms with Crippen LogP contribution >= 0.6 is 0 Å². The molecule has 2 rings (SSSR count). The first-order valence-electron chi connectivity index (χ1n) is 8.96. The zero-order chi connectivity index (χ0) is 16.9. The number of likely N-dealkylation sites (tertiary alicyclic amines) is 1. The minimum Gasteiger partial charge on any atom is -0.355 e. The summed E-state index contributed by atoms with van der Waals surface area (Å²) < 4.78 is 0. The molecule has 0 aromatic heterocycles. The van der Waals surface area contributed by atoms with E-state index in [1.54, 1.807) is 0 Å². The fourth-order valence-corrected chi connectivity index (χ4v) is 3.09. The van der Waals surface area contributed by atoms with Crippen LogP contribution in [0.15, 0.2) is 24.3 Å². The lowest BCUT2D eigenvalue weighted by atomic mass is 9.86. The fraction of sp³-hybridized carbons (Fsp3) is 0.650. The molecule has 1 N–H and O–H groups in total. The first-order chi connectivity index (χ1) is 10.9. The molecule has 1 atom stereocenters. The number of nitrogens with one attached hydrogen (secondary N) is 1. The number of carbonyl (C=O) groups is 1. The number of nitrogens with zero attached hydrogens (tertiary/aromatic N) is 1. The van der Waals surface area contributed by atoms with Gasteiger partial charge in [-0.2, -0.15) is 0 Å². The van der Waals surface area contributed by atoms with E-state index in [0.717, 1.165) is 13.0 Å². The number of amides is 1. The van der Waals surface area contributed by atoms with Gasteiger partial charge in [-0.05, 0) is 55.8 Å². The van der Waals surface area contributed by atoms with Crippen LogP contribution in [0.1, 0.15) is 58.1 Å². The first-order valence-corrected chi connectivity index (χ1v) is 8.96. The van der Waals surface area contributed by atoms with Gasteiger partial charge in [-0.15, -0.1) is 0 Å². The Bertz CT molecular complexity index is 495. The molecular weight excluding hydrogens is 284 g/mol. The van der Waals surface area contributed by atoms with Gasteiger partial charge in [0.25, 0.3) is 0 Å². The summed E-state index contributed by atoms with van der Waals surface area (Å²) in [6.45, 7) is 12.0. The summed E-state index contributed by atoms with van der Waals surface area (Å²) in [5.41, 5.74) is 2.76. The smallest absolute Gasteiger partial charge is 0.220 e. The Morgan fingerprint density at radius 2 is 1.78 bits per heavy atom.